The van der Waals surface area contributed by atoms with Gasteiger partial charge >= 0.3 is 0 Å². The molecule has 4 nitrogen and oxygen atoms in total. The number of carbonyl (C=O) groups excluding carboxylic acids is 1. The molecule has 0 bridgehead atoms. The van der Waals surface area contributed by atoms with E-state index >= 15 is 0 Å². The van der Waals surface area contributed by atoms with Gasteiger partial charge in [0.1, 0.15) is 0 Å². The van der Waals surface area contributed by atoms with Gasteiger partial charge in [0.05, 0.1) is 17.1 Å². The molecule has 1 aromatic heterocycles. The quantitative estimate of drug-likeness (QED) is 0.888. The number of amides is 1. The highest BCUT2D eigenvalue weighted by Crippen LogP contribution is 2.25. The van der Waals surface area contributed by atoms with Gasteiger partial charge in [0.2, 0.25) is 5.91 Å². The molecule has 1 fully saturated rings. The van der Waals surface area contributed by atoms with Gasteiger partial charge in [-0.1, -0.05) is 20.8 Å². The van der Waals surface area contributed by atoms with Crippen LogP contribution >= 0.6 is 36.2 Å². The van der Waals surface area contributed by atoms with E-state index in [0.29, 0.717) is 6.42 Å². The summed E-state index contributed by atoms with van der Waals surface area (Å²) in [7, 11) is 0. The fourth-order valence-electron chi connectivity index (χ4n) is 2.20. The average Bonchev–Trinajstić information content (AvgIpc) is 2.77. The molecule has 0 spiro atoms. The molecule has 2 rings (SSSR count). The van der Waals surface area contributed by atoms with Crippen LogP contribution in [0.3, 0.4) is 0 Å². The lowest BCUT2D eigenvalue weighted by Gasteiger charge is -2.33. The first-order valence-electron chi connectivity index (χ1n) is 6.83. The summed E-state index contributed by atoms with van der Waals surface area (Å²) in [5, 5.41) is 6.42. The lowest BCUT2D eigenvalue weighted by atomic mass is 9.98. The van der Waals surface area contributed by atoms with Gasteiger partial charge in [-0.15, -0.1) is 36.2 Å². The van der Waals surface area contributed by atoms with E-state index in [1.807, 2.05) is 10.3 Å². The molecule has 1 N–H and O–H groups in total. The predicted molar refractivity (Wildman–Crippen MR) is 93.1 cm³/mol. The Bertz CT molecular complexity index is 459. The lowest BCUT2D eigenvalue weighted by Crippen LogP contribution is -2.52. The van der Waals surface area contributed by atoms with Crippen molar-refractivity contribution < 1.29 is 4.79 Å². The van der Waals surface area contributed by atoms with Crippen LogP contribution in [0.2, 0.25) is 0 Å². The van der Waals surface area contributed by atoms with Gasteiger partial charge in [-0.3, -0.25) is 4.79 Å². The maximum absolute atomic E-state index is 12.3. The van der Waals surface area contributed by atoms with E-state index in [-0.39, 0.29) is 42.2 Å². The van der Waals surface area contributed by atoms with Crippen LogP contribution in [0.25, 0.3) is 0 Å². The highest BCUT2D eigenvalue weighted by molar-refractivity contribution is 7.09. The summed E-state index contributed by atoms with van der Waals surface area (Å²) in [6, 6.07) is 0.280. The fourth-order valence-corrected chi connectivity index (χ4v) is 3.11. The third-order valence-electron chi connectivity index (χ3n) is 3.35. The SMILES string of the molecule is CC1CNCCN1C(=O)Cc1csc(C(C)(C)C)n1.Cl.Cl. The fraction of sp³-hybridized carbons (Fsp3) is 0.714. The molecule has 0 radical (unpaired) electrons. The van der Waals surface area contributed by atoms with Crippen LogP contribution in [-0.4, -0.2) is 41.5 Å². The van der Waals surface area contributed by atoms with Crippen LogP contribution in [0.5, 0.6) is 0 Å². The molecule has 1 aliphatic heterocycles. The number of thiazole rings is 1. The van der Waals surface area contributed by atoms with Crippen molar-refractivity contribution in [1.82, 2.24) is 15.2 Å². The molecular formula is C14H25Cl2N3OS. The topological polar surface area (TPSA) is 45.2 Å². The van der Waals surface area contributed by atoms with Crippen LogP contribution in [-0.2, 0) is 16.6 Å². The zero-order valence-corrected chi connectivity index (χ0v) is 15.5. The number of nitrogens with one attached hydrogen (secondary N) is 1. The number of aromatic nitrogens is 1. The van der Waals surface area contributed by atoms with Gasteiger partial charge in [-0.2, -0.15) is 0 Å². The third-order valence-corrected chi connectivity index (χ3v) is 4.66. The van der Waals surface area contributed by atoms with Crippen molar-refractivity contribution in [3.8, 4) is 0 Å². The second-order valence-electron chi connectivity index (χ2n) is 6.21. The van der Waals surface area contributed by atoms with Gasteiger partial charge < -0.3 is 10.2 Å². The van der Waals surface area contributed by atoms with Gasteiger partial charge in [0, 0.05) is 36.5 Å². The van der Waals surface area contributed by atoms with Crippen LogP contribution in [0, 0.1) is 0 Å². The average molecular weight is 354 g/mol. The molecule has 0 aliphatic carbocycles. The lowest BCUT2D eigenvalue weighted by molar-refractivity contribution is -0.133. The first kappa shape index (κ1) is 20.6. The highest BCUT2D eigenvalue weighted by Gasteiger charge is 2.24. The molecule has 1 aromatic rings. The minimum atomic E-state index is 0. The number of rotatable bonds is 2. The molecular weight excluding hydrogens is 329 g/mol. The number of hydrogen-bond acceptors (Lipinski definition) is 4. The van der Waals surface area contributed by atoms with Crippen LogP contribution in [0.4, 0.5) is 0 Å². The minimum absolute atomic E-state index is 0. The largest absolute Gasteiger partial charge is 0.337 e. The molecule has 1 amide bonds. The summed E-state index contributed by atoms with van der Waals surface area (Å²) in [6.45, 7) is 11.1. The van der Waals surface area contributed by atoms with Gasteiger partial charge in [-0.05, 0) is 6.92 Å². The molecule has 0 saturated carbocycles. The molecule has 21 heavy (non-hydrogen) atoms. The number of hydrogen-bond donors (Lipinski definition) is 1. The summed E-state index contributed by atoms with van der Waals surface area (Å²) in [4.78, 5) is 18.9. The molecule has 1 saturated heterocycles. The Morgan fingerprint density at radius 3 is 2.67 bits per heavy atom. The zero-order valence-electron chi connectivity index (χ0n) is 13.0. The number of nitrogens with zero attached hydrogens (tertiary/aromatic N) is 2. The van der Waals surface area contributed by atoms with Crippen LogP contribution < -0.4 is 5.32 Å². The molecule has 1 atom stereocenters. The molecule has 2 heterocycles. The summed E-state index contributed by atoms with van der Waals surface area (Å²) >= 11 is 1.65. The van der Waals surface area contributed by atoms with Crippen LogP contribution in [0.15, 0.2) is 5.38 Å². The van der Waals surface area contributed by atoms with E-state index in [1.54, 1.807) is 11.3 Å². The van der Waals surface area contributed by atoms with Gasteiger partial charge in [0.25, 0.3) is 0 Å². The standard InChI is InChI=1S/C14H23N3OS.2ClH/c1-10-8-15-5-6-17(10)12(18)7-11-9-19-13(16-11)14(2,3)4;;/h9-10,15H,5-8H2,1-4H3;2*1H. The van der Waals surface area contributed by atoms with Crippen molar-refractivity contribution in [2.75, 3.05) is 19.6 Å². The maximum atomic E-state index is 12.3. The van der Waals surface area contributed by atoms with Crippen molar-refractivity contribution in [3.05, 3.63) is 16.1 Å². The Hall–Kier alpha value is -0.360. The van der Waals surface area contributed by atoms with E-state index in [4.69, 9.17) is 0 Å². The molecule has 122 valence electrons. The molecule has 1 unspecified atom stereocenters. The van der Waals surface area contributed by atoms with E-state index in [0.717, 1.165) is 30.3 Å². The molecule has 1 aliphatic rings. The van der Waals surface area contributed by atoms with E-state index in [2.05, 4.69) is 38.0 Å². The Morgan fingerprint density at radius 2 is 2.14 bits per heavy atom. The first-order valence-corrected chi connectivity index (χ1v) is 7.71. The molecule has 0 aromatic carbocycles. The second-order valence-corrected chi connectivity index (χ2v) is 7.07. The summed E-state index contributed by atoms with van der Waals surface area (Å²) < 4.78 is 0. The summed E-state index contributed by atoms with van der Waals surface area (Å²) in [6.07, 6.45) is 0.428. The second kappa shape index (κ2) is 8.32. The van der Waals surface area contributed by atoms with Crippen molar-refractivity contribution in [2.45, 2.75) is 45.6 Å². The van der Waals surface area contributed by atoms with Crippen LogP contribution in [0.1, 0.15) is 38.4 Å². The first-order chi connectivity index (χ1) is 8.88. The van der Waals surface area contributed by atoms with Crippen molar-refractivity contribution in [1.29, 1.82) is 0 Å². The Morgan fingerprint density at radius 1 is 1.48 bits per heavy atom. The minimum Gasteiger partial charge on any atom is -0.337 e. The Balaban J connectivity index is 0.00000200. The monoisotopic (exact) mass is 353 g/mol. The third kappa shape index (κ3) is 5.40. The van der Waals surface area contributed by atoms with Crippen molar-refractivity contribution >= 4 is 42.1 Å². The number of carbonyl (C=O) groups is 1. The normalized spacial score (nSPS) is 18.7. The molecule has 7 heteroatoms. The number of piperazine rings is 1. The maximum Gasteiger partial charge on any atom is 0.228 e. The van der Waals surface area contributed by atoms with E-state index < -0.39 is 0 Å². The Labute approximate surface area is 143 Å². The smallest absolute Gasteiger partial charge is 0.228 e. The van der Waals surface area contributed by atoms with Crippen molar-refractivity contribution in [3.63, 3.8) is 0 Å². The summed E-state index contributed by atoms with van der Waals surface area (Å²) in [5.74, 6) is 0.194. The van der Waals surface area contributed by atoms with E-state index in [9.17, 15) is 4.79 Å². The van der Waals surface area contributed by atoms with Gasteiger partial charge in [-0.25, -0.2) is 4.98 Å². The predicted octanol–water partition coefficient (Wildman–Crippen LogP) is 2.65. The number of halogens is 2. The Kier molecular flexibility index (Phi) is 8.18. The van der Waals surface area contributed by atoms with Gasteiger partial charge in [0.15, 0.2) is 0 Å². The highest BCUT2D eigenvalue weighted by atomic mass is 35.5. The zero-order chi connectivity index (χ0) is 14.0. The summed E-state index contributed by atoms with van der Waals surface area (Å²) in [5.41, 5.74) is 0.972. The van der Waals surface area contributed by atoms with E-state index in [1.165, 1.54) is 0 Å². The van der Waals surface area contributed by atoms with Crippen molar-refractivity contribution in [2.24, 2.45) is 0 Å².